The molecule has 1 heterocycles. The molecule has 21 heavy (non-hydrogen) atoms. The van der Waals surface area contributed by atoms with Crippen LogP contribution in [0.2, 0.25) is 5.02 Å². The molecule has 1 aromatic carbocycles. The predicted molar refractivity (Wildman–Crippen MR) is 81.4 cm³/mol. The van der Waals surface area contributed by atoms with Gasteiger partial charge in [0.2, 0.25) is 0 Å². The Morgan fingerprint density at radius 2 is 2.19 bits per heavy atom. The minimum atomic E-state index is -1.03. The van der Waals surface area contributed by atoms with E-state index in [2.05, 4.69) is 4.98 Å². The van der Waals surface area contributed by atoms with Crippen molar-refractivity contribution in [1.29, 1.82) is 0 Å². The quantitative estimate of drug-likeness (QED) is 0.855. The first-order valence-corrected chi connectivity index (χ1v) is 6.68. The van der Waals surface area contributed by atoms with E-state index in [1.165, 1.54) is 6.08 Å². The molecule has 0 fully saturated rings. The van der Waals surface area contributed by atoms with E-state index in [1.807, 2.05) is 25.1 Å². The summed E-state index contributed by atoms with van der Waals surface area (Å²) in [6, 6.07) is 10.7. The Hall–Kier alpha value is -2.33. The maximum Gasteiger partial charge on any atom is 0.328 e. The van der Waals surface area contributed by atoms with Crippen molar-refractivity contribution in [3.63, 3.8) is 0 Å². The molecule has 0 aliphatic heterocycles. The van der Waals surface area contributed by atoms with Crippen molar-refractivity contribution in [2.45, 2.75) is 13.5 Å². The lowest BCUT2D eigenvalue weighted by Gasteiger charge is -2.09. The number of carboxylic acids is 1. The minimum absolute atomic E-state index is 0.303. The van der Waals surface area contributed by atoms with Gasteiger partial charge in [0.25, 0.3) is 0 Å². The van der Waals surface area contributed by atoms with Crippen molar-refractivity contribution in [3.8, 4) is 5.75 Å². The Balaban J connectivity index is 2.17. The van der Waals surface area contributed by atoms with E-state index in [9.17, 15) is 4.79 Å². The molecule has 108 valence electrons. The van der Waals surface area contributed by atoms with Crippen LogP contribution < -0.4 is 4.74 Å². The largest absolute Gasteiger partial charge is 0.487 e. The van der Waals surface area contributed by atoms with Gasteiger partial charge in [-0.2, -0.15) is 0 Å². The van der Waals surface area contributed by atoms with Gasteiger partial charge in [-0.25, -0.2) is 4.79 Å². The number of ether oxygens (including phenoxy) is 1. The average molecular weight is 304 g/mol. The van der Waals surface area contributed by atoms with Crippen molar-refractivity contribution < 1.29 is 14.6 Å². The van der Waals surface area contributed by atoms with Gasteiger partial charge in [0.05, 0.1) is 5.69 Å². The van der Waals surface area contributed by atoms with Crippen LogP contribution in [-0.4, -0.2) is 16.1 Å². The highest BCUT2D eigenvalue weighted by Gasteiger charge is 2.04. The zero-order valence-electron chi connectivity index (χ0n) is 11.4. The summed E-state index contributed by atoms with van der Waals surface area (Å²) in [7, 11) is 0. The lowest BCUT2D eigenvalue weighted by Crippen LogP contribution is -2.00. The van der Waals surface area contributed by atoms with Gasteiger partial charge in [0, 0.05) is 22.4 Å². The maximum absolute atomic E-state index is 10.6. The van der Waals surface area contributed by atoms with E-state index >= 15 is 0 Å². The highest BCUT2D eigenvalue weighted by Crippen LogP contribution is 2.25. The SMILES string of the molecule is Cc1cccc(COc2ccc(Cl)cc2C=CC(=O)O)n1. The summed E-state index contributed by atoms with van der Waals surface area (Å²) in [6.45, 7) is 2.21. The third kappa shape index (κ3) is 4.61. The van der Waals surface area contributed by atoms with Crippen LogP contribution in [0.4, 0.5) is 0 Å². The minimum Gasteiger partial charge on any atom is -0.487 e. The fraction of sp³-hybridized carbons (Fsp3) is 0.125. The number of aliphatic carboxylic acids is 1. The van der Waals surface area contributed by atoms with E-state index in [0.717, 1.165) is 17.5 Å². The van der Waals surface area contributed by atoms with Gasteiger partial charge in [-0.05, 0) is 43.3 Å². The van der Waals surface area contributed by atoms with Crippen LogP contribution in [0.3, 0.4) is 0 Å². The topological polar surface area (TPSA) is 59.4 Å². The summed E-state index contributed by atoms with van der Waals surface area (Å²) in [5.41, 5.74) is 2.33. The summed E-state index contributed by atoms with van der Waals surface area (Å²) >= 11 is 5.92. The lowest BCUT2D eigenvalue weighted by molar-refractivity contribution is -0.131. The van der Waals surface area contributed by atoms with E-state index < -0.39 is 5.97 Å². The number of pyridine rings is 1. The molecular formula is C16H14ClNO3. The van der Waals surface area contributed by atoms with Gasteiger partial charge in [0.15, 0.2) is 0 Å². The van der Waals surface area contributed by atoms with Crippen LogP contribution in [0.1, 0.15) is 17.0 Å². The molecule has 5 heteroatoms. The molecule has 0 atom stereocenters. The lowest BCUT2D eigenvalue weighted by atomic mass is 10.2. The first kappa shape index (κ1) is 15.1. The van der Waals surface area contributed by atoms with Crippen LogP contribution >= 0.6 is 11.6 Å². The zero-order chi connectivity index (χ0) is 15.2. The number of benzene rings is 1. The number of aryl methyl sites for hydroxylation is 1. The molecule has 2 aromatic rings. The fourth-order valence-corrected chi connectivity index (χ4v) is 1.95. The number of aromatic nitrogens is 1. The highest BCUT2D eigenvalue weighted by molar-refractivity contribution is 6.30. The van der Waals surface area contributed by atoms with Gasteiger partial charge < -0.3 is 9.84 Å². The summed E-state index contributed by atoms with van der Waals surface area (Å²) in [4.78, 5) is 15.0. The highest BCUT2D eigenvalue weighted by atomic mass is 35.5. The Morgan fingerprint density at radius 3 is 2.90 bits per heavy atom. The summed E-state index contributed by atoms with van der Waals surface area (Å²) in [6.07, 6.45) is 2.50. The van der Waals surface area contributed by atoms with Gasteiger partial charge in [-0.3, -0.25) is 4.98 Å². The molecule has 1 aromatic heterocycles. The number of carboxylic acid groups (broad SMARTS) is 1. The summed E-state index contributed by atoms with van der Waals surface area (Å²) in [5.74, 6) is -0.471. The molecule has 0 saturated heterocycles. The molecule has 0 radical (unpaired) electrons. The van der Waals surface area contributed by atoms with E-state index in [-0.39, 0.29) is 0 Å². The van der Waals surface area contributed by atoms with Crippen LogP contribution in [0.15, 0.2) is 42.5 Å². The normalized spacial score (nSPS) is 10.8. The van der Waals surface area contributed by atoms with Crippen molar-refractivity contribution >= 4 is 23.6 Å². The Kier molecular flexibility index (Phi) is 4.95. The van der Waals surface area contributed by atoms with Crippen molar-refractivity contribution in [1.82, 2.24) is 4.98 Å². The van der Waals surface area contributed by atoms with Crippen molar-refractivity contribution in [2.24, 2.45) is 0 Å². The average Bonchev–Trinajstić information content (AvgIpc) is 2.44. The van der Waals surface area contributed by atoms with Gasteiger partial charge in [-0.1, -0.05) is 17.7 Å². The molecule has 0 aliphatic rings. The second-order valence-corrected chi connectivity index (χ2v) is 4.85. The maximum atomic E-state index is 10.6. The second-order valence-electron chi connectivity index (χ2n) is 4.41. The monoisotopic (exact) mass is 303 g/mol. The molecule has 0 bridgehead atoms. The Labute approximate surface area is 127 Å². The summed E-state index contributed by atoms with van der Waals surface area (Å²) in [5, 5.41) is 9.22. The number of nitrogens with zero attached hydrogens (tertiary/aromatic N) is 1. The third-order valence-electron chi connectivity index (χ3n) is 2.70. The van der Waals surface area contributed by atoms with Crippen molar-refractivity contribution in [3.05, 3.63) is 64.4 Å². The molecule has 2 rings (SSSR count). The van der Waals surface area contributed by atoms with Crippen LogP contribution in [0.25, 0.3) is 6.08 Å². The first-order valence-electron chi connectivity index (χ1n) is 6.30. The number of carbonyl (C=O) groups is 1. The Bertz CT molecular complexity index is 683. The van der Waals surface area contributed by atoms with Crippen LogP contribution in [0, 0.1) is 6.92 Å². The van der Waals surface area contributed by atoms with E-state index in [1.54, 1.807) is 18.2 Å². The van der Waals surface area contributed by atoms with Crippen molar-refractivity contribution in [2.75, 3.05) is 0 Å². The smallest absolute Gasteiger partial charge is 0.328 e. The molecule has 1 N–H and O–H groups in total. The van der Waals surface area contributed by atoms with Gasteiger partial charge in [-0.15, -0.1) is 0 Å². The zero-order valence-corrected chi connectivity index (χ0v) is 12.2. The standard InChI is InChI=1S/C16H14ClNO3/c1-11-3-2-4-14(18-11)10-21-15-7-6-13(17)9-12(15)5-8-16(19)20/h2-9H,10H2,1H3,(H,19,20). The molecule has 0 amide bonds. The number of halogens is 1. The van der Waals surface area contributed by atoms with E-state index in [4.69, 9.17) is 21.4 Å². The fourth-order valence-electron chi connectivity index (χ4n) is 1.77. The molecule has 0 spiro atoms. The third-order valence-corrected chi connectivity index (χ3v) is 2.93. The van der Waals surface area contributed by atoms with Crippen LogP contribution in [0.5, 0.6) is 5.75 Å². The first-order chi connectivity index (χ1) is 10.0. The molecule has 0 saturated carbocycles. The van der Waals surface area contributed by atoms with Gasteiger partial charge in [0.1, 0.15) is 12.4 Å². The Morgan fingerprint density at radius 1 is 1.38 bits per heavy atom. The number of rotatable bonds is 5. The second kappa shape index (κ2) is 6.90. The number of hydrogen-bond donors (Lipinski definition) is 1. The van der Waals surface area contributed by atoms with E-state index in [0.29, 0.717) is 22.9 Å². The molecule has 0 unspecified atom stereocenters. The predicted octanol–water partition coefficient (Wildman–Crippen LogP) is 3.72. The number of hydrogen-bond acceptors (Lipinski definition) is 3. The molecule has 4 nitrogen and oxygen atoms in total. The van der Waals surface area contributed by atoms with Gasteiger partial charge >= 0.3 is 5.97 Å². The summed E-state index contributed by atoms with van der Waals surface area (Å²) < 4.78 is 5.70. The molecular weight excluding hydrogens is 290 g/mol. The van der Waals surface area contributed by atoms with Crippen LogP contribution in [-0.2, 0) is 11.4 Å². The molecule has 0 aliphatic carbocycles.